The zero-order valence-electron chi connectivity index (χ0n) is 9.12. The molecule has 0 bridgehead atoms. The van der Waals surface area contributed by atoms with E-state index in [4.69, 9.17) is 5.11 Å². The third kappa shape index (κ3) is 2.60. The molecule has 1 fully saturated rings. The third-order valence-electron chi connectivity index (χ3n) is 3.48. The van der Waals surface area contributed by atoms with Gasteiger partial charge in [-0.05, 0) is 43.4 Å². The van der Waals surface area contributed by atoms with Crippen LogP contribution in [0.2, 0.25) is 0 Å². The first kappa shape index (κ1) is 11.3. The summed E-state index contributed by atoms with van der Waals surface area (Å²) in [7, 11) is 0. The van der Waals surface area contributed by atoms with E-state index in [1.807, 2.05) is 0 Å². The van der Waals surface area contributed by atoms with Crippen LogP contribution < -0.4 is 0 Å². The van der Waals surface area contributed by atoms with Crippen LogP contribution in [-0.4, -0.2) is 11.1 Å². The first-order valence-corrected chi connectivity index (χ1v) is 5.44. The van der Waals surface area contributed by atoms with E-state index in [-0.39, 0.29) is 5.92 Å². The highest BCUT2D eigenvalue weighted by molar-refractivity contribution is 5.86. The standard InChI is InChI=1S/C12H20O2/c1-8(2)10-4-6-11(7-5-10)9(3)12(13)14/h8,10-11H,3-7H2,1-2H3,(H,13,14). The van der Waals surface area contributed by atoms with Crippen LogP contribution >= 0.6 is 0 Å². The molecule has 0 aromatic carbocycles. The van der Waals surface area contributed by atoms with E-state index >= 15 is 0 Å². The molecule has 0 radical (unpaired) electrons. The van der Waals surface area contributed by atoms with Crippen molar-refractivity contribution in [2.45, 2.75) is 39.5 Å². The Bertz CT molecular complexity index is 222. The van der Waals surface area contributed by atoms with Gasteiger partial charge < -0.3 is 5.11 Å². The molecule has 0 amide bonds. The summed E-state index contributed by atoms with van der Waals surface area (Å²) in [4.78, 5) is 10.7. The Balaban J connectivity index is 2.43. The van der Waals surface area contributed by atoms with Crippen molar-refractivity contribution < 1.29 is 9.90 Å². The summed E-state index contributed by atoms with van der Waals surface area (Å²) in [6, 6.07) is 0. The van der Waals surface area contributed by atoms with Gasteiger partial charge in [0, 0.05) is 5.57 Å². The Labute approximate surface area is 86.0 Å². The van der Waals surface area contributed by atoms with Crippen molar-refractivity contribution in [3.05, 3.63) is 12.2 Å². The SMILES string of the molecule is C=C(C(=O)O)C1CCC(C(C)C)CC1. The number of carboxylic acids is 1. The van der Waals surface area contributed by atoms with E-state index in [1.165, 1.54) is 0 Å². The van der Waals surface area contributed by atoms with Gasteiger partial charge >= 0.3 is 5.97 Å². The van der Waals surface area contributed by atoms with Crippen molar-refractivity contribution in [1.82, 2.24) is 0 Å². The maximum atomic E-state index is 10.7. The van der Waals surface area contributed by atoms with Gasteiger partial charge in [0.15, 0.2) is 0 Å². The highest BCUT2D eigenvalue weighted by atomic mass is 16.4. The molecule has 1 aliphatic carbocycles. The fourth-order valence-electron chi connectivity index (χ4n) is 2.31. The van der Waals surface area contributed by atoms with E-state index in [2.05, 4.69) is 20.4 Å². The lowest BCUT2D eigenvalue weighted by Crippen LogP contribution is -2.22. The van der Waals surface area contributed by atoms with Crippen LogP contribution in [0.15, 0.2) is 12.2 Å². The first-order valence-electron chi connectivity index (χ1n) is 5.44. The van der Waals surface area contributed by atoms with Gasteiger partial charge in [0.25, 0.3) is 0 Å². The molecule has 0 aromatic heterocycles. The van der Waals surface area contributed by atoms with Gasteiger partial charge in [-0.15, -0.1) is 0 Å². The van der Waals surface area contributed by atoms with Gasteiger partial charge in [-0.2, -0.15) is 0 Å². The van der Waals surface area contributed by atoms with Crippen molar-refractivity contribution in [3.63, 3.8) is 0 Å². The van der Waals surface area contributed by atoms with E-state index in [1.54, 1.807) is 0 Å². The Hall–Kier alpha value is -0.790. The average Bonchev–Trinajstić information content (AvgIpc) is 2.16. The summed E-state index contributed by atoms with van der Waals surface area (Å²) >= 11 is 0. The van der Waals surface area contributed by atoms with E-state index in [0.29, 0.717) is 5.57 Å². The summed E-state index contributed by atoms with van der Waals surface area (Å²) in [5.41, 5.74) is 0.409. The molecule has 0 atom stereocenters. The molecule has 1 N–H and O–H groups in total. The number of rotatable bonds is 3. The molecule has 1 saturated carbocycles. The summed E-state index contributed by atoms with van der Waals surface area (Å²) in [5.74, 6) is 0.919. The van der Waals surface area contributed by atoms with Crippen molar-refractivity contribution in [1.29, 1.82) is 0 Å². The van der Waals surface area contributed by atoms with Crippen LogP contribution in [0.25, 0.3) is 0 Å². The number of carbonyl (C=O) groups is 1. The van der Waals surface area contributed by atoms with Gasteiger partial charge in [0.1, 0.15) is 0 Å². The Kier molecular flexibility index (Phi) is 3.73. The Morgan fingerprint density at radius 3 is 2.14 bits per heavy atom. The molecular weight excluding hydrogens is 176 g/mol. The number of aliphatic carboxylic acids is 1. The molecule has 0 heterocycles. The minimum Gasteiger partial charge on any atom is -0.478 e. The van der Waals surface area contributed by atoms with Crippen molar-refractivity contribution >= 4 is 5.97 Å². The molecule has 14 heavy (non-hydrogen) atoms. The van der Waals surface area contributed by atoms with Gasteiger partial charge in [-0.1, -0.05) is 20.4 Å². The van der Waals surface area contributed by atoms with Crippen LogP contribution in [0.3, 0.4) is 0 Å². The molecule has 2 nitrogen and oxygen atoms in total. The van der Waals surface area contributed by atoms with Gasteiger partial charge in [-0.25, -0.2) is 4.79 Å². The largest absolute Gasteiger partial charge is 0.478 e. The second-order valence-electron chi connectivity index (χ2n) is 4.69. The normalized spacial score (nSPS) is 27.6. The molecule has 0 aliphatic heterocycles. The fourth-order valence-corrected chi connectivity index (χ4v) is 2.31. The number of hydrogen-bond donors (Lipinski definition) is 1. The minimum atomic E-state index is -0.821. The predicted octanol–water partition coefficient (Wildman–Crippen LogP) is 3.09. The molecule has 1 rings (SSSR count). The van der Waals surface area contributed by atoms with Gasteiger partial charge in [0.2, 0.25) is 0 Å². The quantitative estimate of drug-likeness (QED) is 0.704. The third-order valence-corrected chi connectivity index (χ3v) is 3.48. The molecule has 0 aromatic rings. The maximum absolute atomic E-state index is 10.7. The molecule has 0 saturated heterocycles. The minimum absolute atomic E-state index is 0.225. The molecule has 1 aliphatic rings. The molecule has 80 valence electrons. The maximum Gasteiger partial charge on any atom is 0.331 e. The van der Waals surface area contributed by atoms with E-state index < -0.39 is 5.97 Å². The van der Waals surface area contributed by atoms with Crippen molar-refractivity contribution in [2.75, 3.05) is 0 Å². The lowest BCUT2D eigenvalue weighted by Gasteiger charge is -2.30. The molecular formula is C12H20O2. The summed E-state index contributed by atoms with van der Waals surface area (Å²) in [6.07, 6.45) is 4.34. The Morgan fingerprint density at radius 1 is 1.29 bits per heavy atom. The van der Waals surface area contributed by atoms with E-state index in [0.717, 1.165) is 37.5 Å². The van der Waals surface area contributed by atoms with Gasteiger partial charge in [0.05, 0.1) is 0 Å². The lowest BCUT2D eigenvalue weighted by molar-refractivity contribution is -0.133. The van der Waals surface area contributed by atoms with Crippen molar-refractivity contribution in [3.8, 4) is 0 Å². The summed E-state index contributed by atoms with van der Waals surface area (Å²) in [6.45, 7) is 8.14. The Morgan fingerprint density at radius 2 is 1.79 bits per heavy atom. The average molecular weight is 196 g/mol. The lowest BCUT2D eigenvalue weighted by atomic mass is 9.75. The second-order valence-corrected chi connectivity index (χ2v) is 4.69. The molecule has 2 heteroatoms. The van der Waals surface area contributed by atoms with Gasteiger partial charge in [-0.3, -0.25) is 0 Å². The highest BCUT2D eigenvalue weighted by Crippen LogP contribution is 2.36. The number of carboxylic acid groups (broad SMARTS) is 1. The number of hydrogen-bond acceptors (Lipinski definition) is 1. The molecule has 0 spiro atoms. The zero-order valence-corrected chi connectivity index (χ0v) is 9.12. The van der Waals surface area contributed by atoms with Crippen molar-refractivity contribution in [2.24, 2.45) is 17.8 Å². The molecule has 0 unspecified atom stereocenters. The van der Waals surface area contributed by atoms with Crippen LogP contribution in [-0.2, 0) is 4.79 Å². The van der Waals surface area contributed by atoms with Crippen LogP contribution in [0.5, 0.6) is 0 Å². The van der Waals surface area contributed by atoms with Crippen LogP contribution in [0.4, 0.5) is 0 Å². The fraction of sp³-hybridized carbons (Fsp3) is 0.750. The summed E-state index contributed by atoms with van der Waals surface area (Å²) < 4.78 is 0. The highest BCUT2D eigenvalue weighted by Gasteiger charge is 2.26. The first-order chi connectivity index (χ1) is 6.52. The monoisotopic (exact) mass is 196 g/mol. The van der Waals surface area contributed by atoms with Crippen LogP contribution in [0.1, 0.15) is 39.5 Å². The smallest absolute Gasteiger partial charge is 0.331 e. The summed E-state index contributed by atoms with van der Waals surface area (Å²) in [5, 5.41) is 8.81. The van der Waals surface area contributed by atoms with Crippen LogP contribution in [0, 0.1) is 17.8 Å². The topological polar surface area (TPSA) is 37.3 Å². The second kappa shape index (κ2) is 4.63. The predicted molar refractivity (Wildman–Crippen MR) is 57.1 cm³/mol. The van der Waals surface area contributed by atoms with E-state index in [9.17, 15) is 4.79 Å². The zero-order chi connectivity index (χ0) is 10.7.